The van der Waals surface area contributed by atoms with E-state index in [0.29, 0.717) is 3.64 Å². The second-order valence-electron chi connectivity index (χ2n) is 1.89. The molecule has 1 aromatic heterocycles. The fourth-order valence-electron chi connectivity index (χ4n) is 0.647. The number of hydrogen-bond acceptors (Lipinski definition) is 3. The molecule has 6 heteroatoms. The molecule has 0 spiro atoms. The second-order valence-corrected chi connectivity index (χ2v) is 3.17. The summed E-state index contributed by atoms with van der Waals surface area (Å²) in [5.74, 6) is 0. The molecule has 0 amide bonds. The molecule has 0 aliphatic heterocycles. The normalized spacial score (nSPS) is 10.0. The number of hydrogen-bond donors (Lipinski definition) is 3. The number of rotatable bonds is 1. The van der Waals surface area contributed by atoms with Gasteiger partial charge in [0.15, 0.2) is 0 Å². The van der Waals surface area contributed by atoms with E-state index >= 15 is 0 Å². The van der Waals surface area contributed by atoms with Gasteiger partial charge in [0.05, 0.1) is 0 Å². The van der Waals surface area contributed by atoms with Crippen molar-refractivity contribution in [1.82, 2.24) is 9.97 Å². The molecule has 0 unspecified atom stereocenters. The first-order valence-corrected chi connectivity index (χ1v) is 4.08. The molecular formula is C5H5N2O3Sb. The van der Waals surface area contributed by atoms with E-state index in [0.717, 1.165) is 0 Å². The fraction of sp³-hybridized carbons (Fsp3) is 0.200. The van der Waals surface area contributed by atoms with Crippen LogP contribution < -0.4 is 14.9 Å². The molecule has 2 radical (unpaired) electrons. The van der Waals surface area contributed by atoms with Crippen LogP contribution in [0.3, 0.4) is 0 Å². The van der Waals surface area contributed by atoms with Gasteiger partial charge in [0.25, 0.3) is 0 Å². The van der Waals surface area contributed by atoms with Crippen LogP contribution in [0.1, 0.15) is 5.56 Å². The van der Waals surface area contributed by atoms with Crippen molar-refractivity contribution in [3.05, 3.63) is 26.4 Å². The average Bonchev–Trinajstić information content (AvgIpc) is 1.85. The van der Waals surface area contributed by atoms with E-state index in [9.17, 15) is 9.59 Å². The summed E-state index contributed by atoms with van der Waals surface area (Å²) in [5.41, 5.74) is -0.839. The molecule has 0 atom stereocenters. The van der Waals surface area contributed by atoms with Gasteiger partial charge in [0, 0.05) is 0 Å². The van der Waals surface area contributed by atoms with E-state index in [2.05, 4.69) is 4.98 Å². The molecule has 11 heavy (non-hydrogen) atoms. The van der Waals surface area contributed by atoms with Crippen LogP contribution in [-0.2, 0) is 6.61 Å². The predicted octanol–water partition coefficient (Wildman–Crippen LogP) is -2.65. The SMILES string of the molecule is O=c1[nH][c]([Sb])c(CO)c(=O)[nH]1. The molecule has 1 rings (SSSR count). The Balaban J connectivity index is 3.49. The minimum atomic E-state index is -0.539. The van der Waals surface area contributed by atoms with Gasteiger partial charge in [0.2, 0.25) is 0 Å². The van der Waals surface area contributed by atoms with Gasteiger partial charge in [-0.2, -0.15) is 0 Å². The van der Waals surface area contributed by atoms with Gasteiger partial charge in [-0.05, 0) is 0 Å². The molecule has 0 saturated carbocycles. The number of nitrogens with one attached hydrogen (secondary N) is 2. The molecule has 3 N–H and O–H groups in total. The Bertz CT molecular complexity index is 367. The summed E-state index contributed by atoms with van der Waals surface area (Å²) in [4.78, 5) is 25.9. The molecule has 1 aromatic rings. The third-order valence-corrected chi connectivity index (χ3v) is 2.27. The van der Waals surface area contributed by atoms with Gasteiger partial charge in [-0.25, -0.2) is 0 Å². The average molecular weight is 263 g/mol. The Morgan fingerprint density at radius 3 is 2.45 bits per heavy atom. The monoisotopic (exact) mass is 262 g/mol. The summed E-state index contributed by atoms with van der Waals surface area (Å²) in [6, 6.07) is 0. The van der Waals surface area contributed by atoms with Gasteiger partial charge in [0.1, 0.15) is 0 Å². The first-order chi connectivity index (χ1) is 5.15. The second kappa shape index (κ2) is 3.24. The minimum absolute atomic E-state index is 0.221. The third kappa shape index (κ3) is 1.73. The Kier molecular flexibility index (Phi) is 2.52. The van der Waals surface area contributed by atoms with Crippen molar-refractivity contribution in [3.63, 3.8) is 0 Å². The van der Waals surface area contributed by atoms with Gasteiger partial charge in [-0.1, -0.05) is 0 Å². The summed E-state index contributed by atoms with van der Waals surface area (Å²) >= 11 is 1.19. The van der Waals surface area contributed by atoms with Crippen LogP contribution in [0, 0.1) is 0 Å². The third-order valence-electron chi connectivity index (χ3n) is 1.18. The van der Waals surface area contributed by atoms with Crippen LogP contribution >= 0.6 is 0 Å². The Hall–Kier alpha value is -0.542. The van der Waals surface area contributed by atoms with E-state index in [4.69, 9.17) is 5.11 Å². The van der Waals surface area contributed by atoms with E-state index in [1.807, 2.05) is 4.98 Å². The summed E-state index contributed by atoms with van der Waals surface area (Å²) in [6.45, 7) is -0.351. The molecule has 58 valence electrons. The van der Waals surface area contributed by atoms with Crippen LogP contribution in [0.15, 0.2) is 9.59 Å². The van der Waals surface area contributed by atoms with Crippen LogP contribution in [0.5, 0.6) is 0 Å². The number of aliphatic hydroxyl groups is 1. The van der Waals surface area contributed by atoms with Crippen molar-refractivity contribution in [2.24, 2.45) is 0 Å². The Morgan fingerprint density at radius 1 is 1.36 bits per heavy atom. The van der Waals surface area contributed by atoms with E-state index in [1.54, 1.807) is 0 Å². The molecule has 0 aromatic carbocycles. The summed E-state index contributed by atoms with van der Waals surface area (Å²) in [5, 5.41) is 8.66. The predicted molar refractivity (Wildman–Crippen MR) is 39.0 cm³/mol. The van der Waals surface area contributed by atoms with Crippen molar-refractivity contribution in [1.29, 1.82) is 0 Å². The number of aliphatic hydroxyl groups excluding tert-OH is 1. The molecular weight excluding hydrogens is 258 g/mol. The zero-order chi connectivity index (χ0) is 8.43. The van der Waals surface area contributed by atoms with Crippen molar-refractivity contribution in [3.8, 4) is 0 Å². The summed E-state index contributed by atoms with van der Waals surface area (Å²) in [6.07, 6.45) is 0. The number of aromatic amines is 2. The number of H-pyrrole nitrogens is 2. The molecule has 1 heterocycles. The standard InChI is InChI=1S/C5H5N2O3.Sb/c8-2-3-1-6-5(10)7-4(3)9;/h8H,2H2,(H2,6,7,9,10);. The molecule has 0 bridgehead atoms. The zero-order valence-electron chi connectivity index (χ0n) is 5.42. The summed E-state index contributed by atoms with van der Waals surface area (Å²) in [7, 11) is 0. The molecule has 0 aliphatic rings. The van der Waals surface area contributed by atoms with Gasteiger partial charge in [-0.3, -0.25) is 0 Å². The fourth-order valence-corrected chi connectivity index (χ4v) is 1.43. The van der Waals surface area contributed by atoms with Crippen molar-refractivity contribution < 1.29 is 5.11 Å². The van der Waals surface area contributed by atoms with Gasteiger partial charge in [-0.15, -0.1) is 0 Å². The van der Waals surface area contributed by atoms with Gasteiger partial charge < -0.3 is 0 Å². The quantitative estimate of drug-likeness (QED) is 0.484. The van der Waals surface area contributed by atoms with Gasteiger partial charge >= 0.3 is 74.7 Å². The molecule has 0 saturated heterocycles. The molecule has 0 fully saturated rings. The van der Waals surface area contributed by atoms with Crippen molar-refractivity contribution >= 4 is 26.7 Å². The Morgan fingerprint density at radius 2 is 2.00 bits per heavy atom. The van der Waals surface area contributed by atoms with E-state index < -0.39 is 11.2 Å². The summed E-state index contributed by atoms with van der Waals surface area (Å²) < 4.78 is 0.454. The van der Waals surface area contributed by atoms with Crippen LogP contribution in [0.25, 0.3) is 0 Å². The maximum atomic E-state index is 10.9. The maximum absolute atomic E-state index is 10.9. The van der Waals surface area contributed by atoms with Crippen LogP contribution in [-0.4, -0.2) is 38.1 Å². The van der Waals surface area contributed by atoms with Crippen molar-refractivity contribution in [2.45, 2.75) is 6.61 Å². The number of aromatic nitrogens is 2. The van der Waals surface area contributed by atoms with Crippen LogP contribution in [0.2, 0.25) is 0 Å². The first kappa shape index (κ1) is 8.55. The van der Waals surface area contributed by atoms with Crippen LogP contribution in [0.4, 0.5) is 0 Å². The molecule has 5 nitrogen and oxygen atoms in total. The van der Waals surface area contributed by atoms with Crippen molar-refractivity contribution in [2.75, 3.05) is 0 Å². The zero-order valence-corrected chi connectivity index (χ0v) is 7.97. The topological polar surface area (TPSA) is 85.9 Å². The van der Waals surface area contributed by atoms with E-state index in [1.165, 1.54) is 23.0 Å². The van der Waals surface area contributed by atoms with E-state index in [-0.39, 0.29) is 12.2 Å². The molecule has 0 aliphatic carbocycles. The Labute approximate surface area is 75.0 Å². The first-order valence-electron chi connectivity index (χ1n) is 2.80.